The summed E-state index contributed by atoms with van der Waals surface area (Å²) in [5.74, 6) is -1.08. The molecular formula is C25H26F3N3O3. The third-order valence-electron chi connectivity index (χ3n) is 5.80. The monoisotopic (exact) mass is 473 g/mol. The van der Waals surface area contributed by atoms with E-state index in [2.05, 4.69) is 15.4 Å². The van der Waals surface area contributed by atoms with Crippen LogP contribution in [0, 0.1) is 11.3 Å². The zero-order valence-corrected chi connectivity index (χ0v) is 18.9. The van der Waals surface area contributed by atoms with Gasteiger partial charge in [-0.3, -0.25) is 10.1 Å². The molecule has 0 unspecified atom stereocenters. The van der Waals surface area contributed by atoms with Gasteiger partial charge in [-0.25, -0.2) is 4.79 Å². The molecule has 6 nitrogen and oxygen atoms in total. The average Bonchev–Trinajstić information content (AvgIpc) is 3.60. The van der Waals surface area contributed by atoms with Gasteiger partial charge in [0.05, 0.1) is 24.8 Å². The van der Waals surface area contributed by atoms with Crippen molar-refractivity contribution in [2.75, 3.05) is 7.11 Å². The van der Waals surface area contributed by atoms with Crippen molar-refractivity contribution in [1.82, 2.24) is 10.6 Å². The molecule has 0 aliphatic heterocycles. The molecule has 3 rings (SSSR count). The molecule has 2 aromatic rings. The second-order valence-corrected chi connectivity index (χ2v) is 8.36. The van der Waals surface area contributed by atoms with Gasteiger partial charge in [-0.1, -0.05) is 49.7 Å². The number of ether oxygens (including phenoxy) is 1. The Balaban J connectivity index is 1.80. The van der Waals surface area contributed by atoms with Crippen molar-refractivity contribution in [3.8, 4) is 17.2 Å². The maximum absolute atomic E-state index is 14.0. The Labute approximate surface area is 196 Å². The van der Waals surface area contributed by atoms with Gasteiger partial charge in [0.1, 0.15) is 11.6 Å². The van der Waals surface area contributed by atoms with E-state index in [0.717, 1.165) is 5.56 Å². The molecule has 2 atom stereocenters. The molecule has 0 saturated heterocycles. The minimum Gasteiger partial charge on any atom is -0.465 e. The number of nitriles is 1. The Morgan fingerprint density at radius 2 is 1.65 bits per heavy atom. The van der Waals surface area contributed by atoms with Gasteiger partial charge in [0.2, 0.25) is 5.91 Å². The fraction of sp³-hybridized carbons (Fsp3) is 0.400. The predicted molar refractivity (Wildman–Crippen MR) is 120 cm³/mol. The third kappa shape index (κ3) is 5.94. The summed E-state index contributed by atoms with van der Waals surface area (Å²) in [4.78, 5) is 24.2. The van der Waals surface area contributed by atoms with Gasteiger partial charge in [0.15, 0.2) is 0 Å². The van der Waals surface area contributed by atoms with Crippen LogP contribution in [0.1, 0.15) is 54.6 Å². The molecule has 1 saturated carbocycles. The molecule has 1 fully saturated rings. The van der Waals surface area contributed by atoms with Gasteiger partial charge in [0, 0.05) is 0 Å². The Kier molecular flexibility index (Phi) is 7.62. The number of hydrogen-bond acceptors (Lipinski definition) is 5. The lowest BCUT2D eigenvalue weighted by Crippen LogP contribution is -2.51. The normalized spacial score (nSPS) is 16.1. The third-order valence-corrected chi connectivity index (χ3v) is 5.80. The Bertz CT molecular complexity index is 1060. The van der Waals surface area contributed by atoms with Crippen molar-refractivity contribution >= 4 is 11.9 Å². The molecule has 2 N–H and O–H groups in total. The molecule has 9 heteroatoms. The summed E-state index contributed by atoms with van der Waals surface area (Å²) < 4.78 is 46.6. The number of rotatable bonds is 9. The second-order valence-electron chi connectivity index (χ2n) is 8.36. The van der Waals surface area contributed by atoms with Crippen molar-refractivity contribution in [1.29, 1.82) is 5.26 Å². The van der Waals surface area contributed by atoms with Crippen molar-refractivity contribution < 1.29 is 27.5 Å². The number of carbonyl (C=O) groups excluding carboxylic acids is 2. The highest BCUT2D eigenvalue weighted by Crippen LogP contribution is 2.36. The number of hydrogen-bond donors (Lipinski definition) is 2. The zero-order chi connectivity index (χ0) is 24.9. The van der Waals surface area contributed by atoms with E-state index < -0.39 is 35.7 Å². The van der Waals surface area contributed by atoms with Crippen LogP contribution >= 0.6 is 0 Å². The van der Waals surface area contributed by atoms with Gasteiger partial charge in [0.25, 0.3) is 0 Å². The average molecular weight is 473 g/mol. The Morgan fingerprint density at radius 3 is 2.09 bits per heavy atom. The SMILES string of the molecule is CCC[C@H](N[C@@H](c1ccc(-c2ccc(C(=O)OC)cc2)cc1)C(F)(F)F)C(=O)NC1(C#N)CC1. The maximum Gasteiger partial charge on any atom is 0.407 e. The van der Waals surface area contributed by atoms with Gasteiger partial charge < -0.3 is 10.1 Å². The van der Waals surface area contributed by atoms with Crippen LogP contribution in [0.25, 0.3) is 11.1 Å². The number of nitrogens with zero attached hydrogens (tertiary/aromatic N) is 1. The van der Waals surface area contributed by atoms with Gasteiger partial charge in [-0.05, 0) is 48.1 Å². The molecule has 0 radical (unpaired) electrons. The fourth-order valence-corrected chi connectivity index (χ4v) is 3.66. The maximum atomic E-state index is 14.0. The quantitative estimate of drug-likeness (QED) is 0.517. The largest absolute Gasteiger partial charge is 0.465 e. The van der Waals surface area contributed by atoms with E-state index in [1.165, 1.54) is 19.2 Å². The fourth-order valence-electron chi connectivity index (χ4n) is 3.66. The highest BCUT2D eigenvalue weighted by atomic mass is 19.4. The first-order valence-electron chi connectivity index (χ1n) is 11.0. The summed E-state index contributed by atoms with van der Waals surface area (Å²) >= 11 is 0. The predicted octanol–water partition coefficient (Wildman–Crippen LogP) is 4.67. The number of nitrogens with one attached hydrogen (secondary N) is 2. The Morgan fingerprint density at radius 1 is 1.09 bits per heavy atom. The first-order valence-corrected chi connectivity index (χ1v) is 11.0. The lowest BCUT2D eigenvalue weighted by molar-refractivity contribution is -0.161. The number of carbonyl (C=O) groups is 2. The van der Waals surface area contributed by atoms with Crippen LogP contribution in [0.4, 0.5) is 13.2 Å². The molecule has 1 aliphatic rings. The standard InChI is InChI=1S/C25H26F3N3O3/c1-3-4-20(22(32)31-24(15-29)13-14-24)30-21(25(26,27)28)18-9-5-16(6-10-18)17-7-11-19(12-8-17)23(33)34-2/h5-12,20-21,30H,3-4,13-14H2,1-2H3,(H,31,32)/t20-,21-/m0/s1. The van der Waals surface area contributed by atoms with Crippen LogP contribution in [-0.2, 0) is 9.53 Å². The summed E-state index contributed by atoms with van der Waals surface area (Å²) in [6.45, 7) is 1.78. The molecule has 1 amide bonds. The Hall–Kier alpha value is -3.38. The summed E-state index contributed by atoms with van der Waals surface area (Å²) in [7, 11) is 1.28. The van der Waals surface area contributed by atoms with Crippen LogP contribution < -0.4 is 10.6 Å². The van der Waals surface area contributed by atoms with Crippen LogP contribution in [-0.4, -0.2) is 36.7 Å². The highest BCUT2D eigenvalue weighted by molar-refractivity contribution is 5.90. The summed E-state index contributed by atoms with van der Waals surface area (Å²) in [5.41, 5.74) is 0.786. The van der Waals surface area contributed by atoms with Crippen molar-refractivity contribution in [3.05, 3.63) is 59.7 Å². The number of alkyl halides is 3. The van der Waals surface area contributed by atoms with Crippen molar-refractivity contribution in [2.45, 2.75) is 56.4 Å². The van der Waals surface area contributed by atoms with Crippen molar-refractivity contribution in [3.63, 3.8) is 0 Å². The number of methoxy groups -OCH3 is 1. The minimum atomic E-state index is -4.64. The first-order chi connectivity index (χ1) is 16.1. The van der Waals surface area contributed by atoms with Crippen LogP contribution in [0.15, 0.2) is 48.5 Å². The molecule has 1 aliphatic carbocycles. The molecule has 180 valence electrons. The second kappa shape index (κ2) is 10.3. The summed E-state index contributed by atoms with van der Waals surface area (Å²) in [5, 5.41) is 14.3. The number of amides is 1. The highest BCUT2D eigenvalue weighted by Gasteiger charge is 2.47. The van der Waals surface area contributed by atoms with Crippen LogP contribution in [0.5, 0.6) is 0 Å². The molecular weight excluding hydrogens is 447 g/mol. The summed E-state index contributed by atoms with van der Waals surface area (Å²) in [6, 6.07) is 11.3. The topological polar surface area (TPSA) is 91.2 Å². The van der Waals surface area contributed by atoms with E-state index in [1.807, 2.05) is 6.07 Å². The van der Waals surface area contributed by atoms with Gasteiger partial charge in [-0.15, -0.1) is 0 Å². The molecule has 2 aromatic carbocycles. The molecule has 34 heavy (non-hydrogen) atoms. The van der Waals surface area contributed by atoms with Gasteiger partial charge >= 0.3 is 12.1 Å². The smallest absolute Gasteiger partial charge is 0.407 e. The number of halogens is 3. The molecule has 0 spiro atoms. The van der Waals surface area contributed by atoms with E-state index >= 15 is 0 Å². The van der Waals surface area contributed by atoms with Crippen LogP contribution in [0.2, 0.25) is 0 Å². The van der Waals surface area contributed by atoms with E-state index in [0.29, 0.717) is 30.4 Å². The van der Waals surface area contributed by atoms with Gasteiger partial charge in [-0.2, -0.15) is 18.4 Å². The van der Waals surface area contributed by atoms with E-state index in [-0.39, 0.29) is 12.0 Å². The lowest BCUT2D eigenvalue weighted by Gasteiger charge is -2.28. The van der Waals surface area contributed by atoms with E-state index in [4.69, 9.17) is 0 Å². The number of esters is 1. The summed E-state index contributed by atoms with van der Waals surface area (Å²) in [6.07, 6.45) is -2.94. The van der Waals surface area contributed by atoms with Crippen LogP contribution in [0.3, 0.4) is 0 Å². The molecule has 0 heterocycles. The lowest BCUT2D eigenvalue weighted by atomic mass is 9.98. The minimum absolute atomic E-state index is 0.0299. The van der Waals surface area contributed by atoms with E-state index in [1.54, 1.807) is 43.3 Å². The number of benzene rings is 2. The molecule has 0 aromatic heterocycles. The van der Waals surface area contributed by atoms with E-state index in [9.17, 15) is 28.0 Å². The first kappa shape index (κ1) is 25.2. The van der Waals surface area contributed by atoms with Crippen molar-refractivity contribution in [2.24, 2.45) is 0 Å². The zero-order valence-electron chi connectivity index (χ0n) is 18.9. The molecule has 0 bridgehead atoms.